The van der Waals surface area contributed by atoms with E-state index in [0.29, 0.717) is 18.7 Å². The van der Waals surface area contributed by atoms with E-state index in [4.69, 9.17) is 10.8 Å². The zero-order chi connectivity index (χ0) is 35.0. The van der Waals surface area contributed by atoms with E-state index in [0.717, 1.165) is 49.2 Å². The van der Waals surface area contributed by atoms with Crippen LogP contribution in [0.1, 0.15) is 76.9 Å². The Morgan fingerprint density at radius 1 is 1.04 bits per heavy atom. The highest BCUT2D eigenvalue weighted by Gasteiger charge is 2.44. The summed E-state index contributed by atoms with van der Waals surface area (Å²) in [5.41, 5.74) is 2.49. The molecule has 0 radical (unpaired) electrons. The molecule has 4 aromatic rings. The molecule has 1 aliphatic carbocycles. The zero-order valence-corrected chi connectivity index (χ0v) is 27.7. The number of rotatable bonds is 16. The number of hydrogen-bond donors (Lipinski definition) is 2. The lowest BCUT2D eigenvalue weighted by Gasteiger charge is -2.28. The topological polar surface area (TPSA) is 105 Å². The molecule has 3 aromatic carbocycles. The fraction of sp³-hybridized carbons (Fsp3) is 0.333. The van der Waals surface area contributed by atoms with Crippen LogP contribution >= 0.6 is 0 Å². The predicted molar refractivity (Wildman–Crippen MR) is 183 cm³/mol. The number of benzene rings is 3. The van der Waals surface area contributed by atoms with Gasteiger partial charge in [0, 0.05) is 65.5 Å². The number of nitrogens with one attached hydrogen (secondary N) is 2. The van der Waals surface area contributed by atoms with Gasteiger partial charge in [0.05, 0.1) is 6.20 Å². The Morgan fingerprint density at radius 3 is 2.37 bits per heavy atom. The second-order valence-electron chi connectivity index (χ2n) is 12.5. The van der Waals surface area contributed by atoms with Crippen LogP contribution in [0.15, 0.2) is 77.5 Å². The van der Waals surface area contributed by atoms with E-state index in [-0.39, 0.29) is 47.0 Å². The molecule has 1 heterocycles. The first-order valence-electron chi connectivity index (χ1n) is 16.6. The van der Waals surface area contributed by atoms with Crippen molar-refractivity contribution in [3.8, 4) is 23.8 Å². The Bertz CT molecular complexity index is 1800. The van der Waals surface area contributed by atoms with Crippen LogP contribution < -0.4 is 10.6 Å². The van der Waals surface area contributed by atoms with Crippen LogP contribution in [0, 0.1) is 29.9 Å². The molecule has 0 aliphatic heterocycles. The van der Waals surface area contributed by atoms with Gasteiger partial charge in [-0.05, 0) is 85.7 Å². The molecule has 2 amide bonds. The van der Waals surface area contributed by atoms with Gasteiger partial charge in [-0.2, -0.15) is 0 Å². The van der Waals surface area contributed by atoms with Gasteiger partial charge < -0.3 is 24.7 Å². The summed E-state index contributed by atoms with van der Waals surface area (Å²) in [7, 11) is 0. The number of carbonyl (C=O) groups is 3. The Labute approximate surface area is 285 Å². The van der Waals surface area contributed by atoms with Crippen molar-refractivity contribution in [3.63, 3.8) is 0 Å². The second-order valence-corrected chi connectivity index (χ2v) is 12.5. The van der Waals surface area contributed by atoms with Crippen LogP contribution in [0.25, 0.3) is 11.5 Å². The molecule has 5 rings (SSSR count). The van der Waals surface area contributed by atoms with Gasteiger partial charge in [-0.25, -0.2) is 13.8 Å². The smallest absolute Gasteiger partial charge is 0.253 e. The van der Waals surface area contributed by atoms with E-state index >= 15 is 0 Å². The van der Waals surface area contributed by atoms with E-state index in [1.807, 2.05) is 38.1 Å². The van der Waals surface area contributed by atoms with Gasteiger partial charge in [-0.1, -0.05) is 31.9 Å². The van der Waals surface area contributed by atoms with Crippen molar-refractivity contribution in [2.75, 3.05) is 19.6 Å². The predicted octanol–water partition coefficient (Wildman–Crippen LogP) is 6.30. The van der Waals surface area contributed by atoms with Gasteiger partial charge in [0.2, 0.25) is 5.89 Å². The minimum atomic E-state index is -0.868. The Kier molecular flexibility index (Phi) is 11.4. The number of aldehydes is 1. The molecular weight excluding hydrogens is 626 g/mol. The number of amides is 2. The third-order valence-electron chi connectivity index (χ3n) is 8.79. The lowest BCUT2D eigenvalue weighted by Crippen LogP contribution is -2.47. The van der Waals surface area contributed by atoms with Crippen LogP contribution in [-0.4, -0.2) is 53.7 Å². The van der Waals surface area contributed by atoms with Gasteiger partial charge in [0.1, 0.15) is 24.2 Å². The lowest BCUT2D eigenvalue weighted by atomic mass is 9.92. The third-order valence-corrected chi connectivity index (χ3v) is 8.79. The average Bonchev–Trinajstić information content (AvgIpc) is 3.68. The highest BCUT2D eigenvalue weighted by atomic mass is 19.1. The van der Waals surface area contributed by atoms with Crippen molar-refractivity contribution >= 4 is 18.1 Å². The fourth-order valence-electron chi connectivity index (χ4n) is 6.15. The maximum atomic E-state index is 14.3. The van der Waals surface area contributed by atoms with E-state index in [2.05, 4.69) is 21.5 Å². The summed E-state index contributed by atoms with van der Waals surface area (Å²) in [6.45, 7) is 5.25. The Morgan fingerprint density at radius 2 is 1.76 bits per heavy atom. The fourth-order valence-corrected chi connectivity index (χ4v) is 6.15. The molecule has 0 spiro atoms. The van der Waals surface area contributed by atoms with Gasteiger partial charge in [-0.15, -0.1) is 6.42 Å². The van der Waals surface area contributed by atoms with E-state index in [9.17, 15) is 23.2 Å². The molecule has 2 N–H and O–H groups in total. The first kappa shape index (κ1) is 35.2. The van der Waals surface area contributed by atoms with Crippen molar-refractivity contribution < 1.29 is 27.6 Å². The number of aromatic nitrogens is 1. The maximum Gasteiger partial charge on any atom is 0.253 e. The summed E-state index contributed by atoms with van der Waals surface area (Å²) in [5.74, 6) is -0.254. The SMILES string of the molecule is C#Cc1cccc(C2(NC[C@H](C=O)[C@H](Cc3cc(F)cc(F)c3)NC(=O)c3cc(C(=O)N(CCC)CCC)cc(-c4ncco4)c3)CC2)c1. The molecule has 0 bridgehead atoms. The van der Waals surface area contributed by atoms with Gasteiger partial charge in [-0.3, -0.25) is 9.59 Å². The van der Waals surface area contributed by atoms with Crippen molar-refractivity contribution in [2.45, 2.75) is 57.5 Å². The maximum absolute atomic E-state index is 14.3. The van der Waals surface area contributed by atoms with Crippen LogP contribution in [0.2, 0.25) is 0 Å². The largest absolute Gasteiger partial charge is 0.445 e. The van der Waals surface area contributed by atoms with Crippen molar-refractivity contribution in [3.05, 3.63) is 113 Å². The van der Waals surface area contributed by atoms with Crippen LogP contribution in [0.4, 0.5) is 8.78 Å². The normalized spacial score (nSPS) is 14.3. The summed E-state index contributed by atoms with van der Waals surface area (Å²) in [4.78, 5) is 46.3. The van der Waals surface area contributed by atoms with Crippen LogP contribution in [-0.2, 0) is 16.8 Å². The summed E-state index contributed by atoms with van der Waals surface area (Å²) in [6.07, 6.45) is 12.4. The molecule has 1 aliphatic rings. The lowest BCUT2D eigenvalue weighted by molar-refractivity contribution is -0.111. The molecule has 254 valence electrons. The Hall–Kier alpha value is -5.14. The molecule has 1 fully saturated rings. The first-order valence-corrected chi connectivity index (χ1v) is 16.6. The summed E-state index contributed by atoms with van der Waals surface area (Å²) in [6, 6.07) is 14.6. The van der Waals surface area contributed by atoms with Crippen molar-refractivity contribution in [2.24, 2.45) is 5.92 Å². The highest BCUT2D eigenvalue weighted by Crippen LogP contribution is 2.45. The number of oxazole rings is 1. The standard InChI is InChI=1S/C39H40F2N4O4/c1-4-13-45(14-5-2)38(48)30-21-28(20-29(22-30)37-42-12-15-49-37)36(47)44-35(19-27-17-33(40)23-34(41)18-27)31(25-46)24-43-39(10-11-39)32-9-7-8-26(6-3)16-32/h3,7-9,12,15-18,20-23,25,31,35,43H,4-5,10-11,13-14,19,24H2,1-2H3,(H,44,47)/t31-,35+/m1/s1. The van der Waals surface area contributed by atoms with Gasteiger partial charge in [0.25, 0.3) is 11.8 Å². The monoisotopic (exact) mass is 666 g/mol. The van der Waals surface area contributed by atoms with Crippen LogP contribution in [0.5, 0.6) is 0 Å². The Balaban J connectivity index is 1.46. The molecule has 1 saturated carbocycles. The molecule has 49 heavy (non-hydrogen) atoms. The second kappa shape index (κ2) is 15.8. The van der Waals surface area contributed by atoms with Crippen molar-refractivity contribution in [1.82, 2.24) is 20.5 Å². The molecule has 1 aromatic heterocycles. The molecule has 8 nitrogen and oxygen atoms in total. The third kappa shape index (κ3) is 8.67. The minimum Gasteiger partial charge on any atom is -0.445 e. The number of terminal acetylenes is 1. The number of hydrogen-bond acceptors (Lipinski definition) is 6. The molecule has 0 saturated heterocycles. The van der Waals surface area contributed by atoms with E-state index in [1.165, 1.54) is 30.7 Å². The molecule has 10 heteroatoms. The van der Waals surface area contributed by atoms with E-state index < -0.39 is 29.5 Å². The zero-order valence-electron chi connectivity index (χ0n) is 27.7. The van der Waals surface area contributed by atoms with Crippen molar-refractivity contribution in [1.29, 1.82) is 0 Å². The van der Waals surface area contributed by atoms with Gasteiger partial charge in [0.15, 0.2) is 0 Å². The van der Waals surface area contributed by atoms with Crippen LogP contribution in [0.3, 0.4) is 0 Å². The molecule has 2 atom stereocenters. The average molecular weight is 667 g/mol. The summed E-state index contributed by atoms with van der Waals surface area (Å²) < 4.78 is 34.0. The summed E-state index contributed by atoms with van der Waals surface area (Å²) >= 11 is 0. The van der Waals surface area contributed by atoms with E-state index in [1.54, 1.807) is 17.0 Å². The summed E-state index contributed by atoms with van der Waals surface area (Å²) in [5, 5.41) is 6.46. The number of nitrogens with zero attached hydrogens (tertiary/aromatic N) is 2. The molecule has 0 unspecified atom stereocenters. The number of carbonyl (C=O) groups excluding carboxylic acids is 3. The molecular formula is C39H40F2N4O4. The minimum absolute atomic E-state index is 0.0307. The number of halogens is 2. The van der Waals surface area contributed by atoms with Gasteiger partial charge >= 0.3 is 0 Å². The first-order chi connectivity index (χ1) is 23.7. The quantitative estimate of drug-likeness (QED) is 0.108. The highest BCUT2D eigenvalue weighted by molar-refractivity contribution is 6.01.